The first-order valence-corrected chi connectivity index (χ1v) is 7.91. The van der Waals surface area contributed by atoms with Gasteiger partial charge in [-0.05, 0) is 26.2 Å². The number of alkyl halides is 1. The minimum absolute atomic E-state index is 0.278. The van der Waals surface area contributed by atoms with Gasteiger partial charge >= 0.3 is 0 Å². The van der Waals surface area contributed by atoms with Crippen molar-refractivity contribution < 1.29 is 5.11 Å². The van der Waals surface area contributed by atoms with Crippen molar-refractivity contribution in [2.45, 2.75) is 87.1 Å². The summed E-state index contributed by atoms with van der Waals surface area (Å²) in [5.74, 6) is 0. The van der Waals surface area contributed by atoms with Crippen LogP contribution >= 0.6 is 22.6 Å². The lowest BCUT2D eigenvalue weighted by Crippen LogP contribution is -2.33. The Kier molecular flexibility index (Phi) is 6.06. The van der Waals surface area contributed by atoms with E-state index in [1.807, 2.05) is 6.92 Å². The quantitative estimate of drug-likeness (QED) is 0.495. The molecule has 0 radical (unpaired) electrons. The van der Waals surface area contributed by atoms with Gasteiger partial charge in [0.1, 0.15) is 0 Å². The predicted octanol–water partition coefficient (Wildman–Crippen LogP) is 4.85. The summed E-state index contributed by atoms with van der Waals surface area (Å²) in [4.78, 5) is 0. The highest BCUT2D eigenvalue weighted by molar-refractivity contribution is 14.1. The molecule has 0 aliphatic heterocycles. The lowest BCUT2D eigenvalue weighted by molar-refractivity contribution is 0.0307. The molecule has 0 aromatic rings. The van der Waals surface area contributed by atoms with Crippen molar-refractivity contribution in [1.82, 2.24) is 0 Å². The molecule has 1 fully saturated rings. The summed E-state index contributed by atoms with van der Waals surface area (Å²) in [6.45, 7) is 4.32. The molecule has 0 bridgehead atoms. The third-order valence-corrected chi connectivity index (χ3v) is 4.58. The van der Waals surface area contributed by atoms with Crippen LogP contribution in [0.25, 0.3) is 0 Å². The Morgan fingerprint density at radius 3 is 1.81 bits per heavy atom. The number of hydrogen-bond acceptors (Lipinski definition) is 1. The minimum atomic E-state index is -0.449. The molecule has 0 spiro atoms. The zero-order valence-electron chi connectivity index (χ0n) is 10.9. The summed E-state index contributed by atoms with van der Waals surface area (Å²) in [6, 6.07) is 0. The summed E-state index contributed by atoms with van der Waals surface area (Å²) >= 11 is 2.55. The van der Waals surface area contributed by atoms with Crippen LogP contribution in [0.5, 0.6) is 0 Å². The molecule has 1 aliphatic rings. The zero-order valence-corrected chi connectivity index (χ0v) is 13.1. The van der Waals surface area contributed by atoms with Gasteiger partial charge in [0, 0.05) is 3.42 Å². The lowest BCUT2D eigenvalue weighted by Gasteiger charge is -2.33. The van der Waals surface area contributed by atoms with E-state index in [-0.39, 0.29) is 3.42 Å². The standard InChI is InChI=1S/C14H27IO/c1-13(15)10-8-6-4-3-5-7-9-11-14(2,16)12-13/h16H,3-12H2,1-2H3. The van der Waals surface area contributed by atoms with Gasteiger partial charge in [0.15, 0.2) is 0 Å². The number of rotatable bonds is 0. The zero-order chi connectivity index (χ0) is 12.1. The molecule has 0 amide bonds. The normalized spacial score (nSPS) is 39.8. The van der Waals surface area contributed by atoms with Gasteiger partial charge in [0.2, 0.25) is 0 Å². The van der Waals surface area contributed by atoms with Crippen molar-refractivity contribution in [1.29, 1.82) is 0 Å². The van der Waals surface area contributed by atoms with Crippen molar-refractivity contribution in [2.24, 2.45) is 0 Å². The molecule has 1 rings (SSSR count). The Hall–Kier alpha value is 0.690. The fraction of sp³-hybridized carbons (Fsp3) is 1.00. The average molecular weight is 338 g/mol. The number of hydrogen-bond donors (Lipinski definition) is 1. The van der Waals surface area contributed by atoms with Crippen molar-refractivity contribution in [2.75, 3.05) is 0 Å². The van der Waals surface area contributed by atoms with Gasteiger partial charge in [-0.1, -0.05) is 74.5 Å². The fourth-order valence-corrected chi connectivity index (χ4v) is 4.06. The monoisotopic (exact) mass is 338 g/mol. The maximum absolute atomic E-state index is 10.4. The molecular weight excluding hydrogens is 311 g/mol. The molecule has 2 heteroatoms. The summed E-state index contributed by atoms with van der Waals surface area (Å²) in [5, 5.41) is 10.4. The van der Waals surface area contributed by atoms with E-state index in [2.05, 4.69) is 29.5 Å². The van der Waals surface area contributed by atoms with E-state index in [1.54, 1.807) is 0 Å². The van der Waals surface area contributed by atoms with E-state index in [9.17, 15) is 5.11 Å². The smallest absolute Gasteiger partial charge is 0.0632 e. The van der Waals surface area contributed by atoms with Crippen molar-refractivity contribution in [3.63, 3.8) is 0 Å². The first kappa shape index (κ1) is 14.7. The van der Waals surface area contributed by atoms with Gasteiger partial charge in [-0.2, -0.15) is 0 Å². The third kappa shape index (κ3) is 6.43. The highest BCUT2D eigenvalue weighted by Crippen LogP contribution is 2.36. The predicted molar refractivity (Wildman–Crippen MR) is 79.2 cm³/mol. The van der Waals surface area contributed by atoms with E-state index in [0.29, 0.717) is 0 Å². The van der Waals surface area contributed by atoms with Gasteiger partial charge in [-0.25, -0.2) is 0 Å². The molecule has 96 valence electrons. The first-order chi connectivity index (χ1) is 7.41. The van der Waals surface area contributed by atoms with E-state index in [4.69, 9.17) is 0 Å². The van der Waals surface area contributed by atoms with Gasteiger partial charge in [-0.3, -0.25) is 0 Å². The van der Waals surface area contributed by atoms with Crippen LogP contribution in [0.2, 0.25) is 0 Å². The summed E-state index contributed by atoms with van der Waals surface area (Å²) in [6.07, 6.45) is 12.5. The van der Waals surface area contributed by atoms with Gasteiger partial charge in [0.25, 0.3) is 0 Å². The summed E-state index contributed by atoms with van der Waals surface area (Å²) in [7, 11) is 0. The van der Waals surface area contributed by atoms with Crippen molar-refractivity contribution in [3.05, 3.63) is 0 Å². The fourth-order valence-electron chi connectivity index (χ4n) is 2.85. The second kappa shape index (κ2) is 6.58. The molecule has 1 aliphatic carbocycles. The third-order valence-electron chi connectivity index (χ3n) is 3.66. The van der Waals surface area contributed by atoms with Crippen LogP contribution < -0.4 is 0 Å². The molecular formula is C14H27IO. The molecule has 2 unspecified atom stereocenters. The first-order valence-electron chi connectivity index (χ1n) is 6.83. The number of halogens is 1. The van der Waals surface area contributed by atoms with Crippen LogP contribution in [-0.4, -0.2) is 14.1 Å². The van der Waals surface area contributed by atoms with E-state index in [0.717, 1.165) is 12.8 Å². The largest absolute Gasteiger partial charge is 0.390 e. The molecule has 1 N–H and O–H groups in total. The Labute approximate surface area is 115 Å². The van der Waals surface area contributed by atoms with Crippen LogP contribution in [0.4, 0.5) is 0 Å². The van der Waals surface area contributed by atoms with Crippen molar-refractivity contribution in [3.8, 4) is 0 Å². The van der Waals surface area contributed by atoms with Gasteiger partial charge in [-0.15, -0.1) is 0 Å². The Balaban J connectivity index is 2.50. The second-order valence-corrected chi connectivity index (χ2v) is 8.67. The van der Waals surface area contributed by atoms with Crippen LogP contribution in [0.1, 0.15) is 78.1 Å². The van der Waals surface area contributed by atoms with Gasteiger partial charge < -0.3 is 5.11 Å². The van der Waals surface area contributed by atoms with E-state index >= 15 is 0 Å². The summed E-state index contributed by atoms with van der Waals surface area (Å²) < 4.78 is 0.278. The van der Waals surface area contributed by atoms with Gasteiger partial charge in [0.05, 0.1) is 5.60 Å². The lowest BCUT2D eigenvalue weighted by atomic mass is 9.85. The molecule has 0 saturated heterocycles. The number of aliphatic hydroxyl groups is 1. The maximum Gasteiger partial charge on any atom is 0.0632 e. The van der Waals surface area contributed by atoms with Crippen LogP contribution in [0, 0.1) is 0 Å². The molecule has 16 heavy (non-hydrogen) atoms. The van der Waals surface area contributed by atoms with Crippen LogP contribution in [0.3, 0.4) is 0 Å². The molecule has 0 aromatic heterocycles. The SMILES string of the molecule is CC1(O)CCCCCCCCCC(C)(I)C1. The van der Waals surface area contributed by atoms with E-state index < -0.39 is 5.60 Å². The summed E-state index contributed by atoms with van der Waals surface area (Å²) in [5.41, 5.74) is -0.449. The highest BCUT2D eigenvalue weighted by atomic mass is 127. The topological polar surface area (TPSA) is 20.2 Å². The Bertz CT molecular complexity index is 179. The molecule has 2 atom stereocenters. The van der Waals surface area contributed by atoms with E-state index in [1.165, 1.54) is 51.4 Å². The average Bonchev–Trinajstić information content (AvgIpc) is 2.11. The Morgan fingerprint density at radius 1 is 0.812 bits per heavy atom. The second-order valence-electron chi connectivity index (χ2n) is 6.06. The Morgan fingerprint density at radius 2 is 1.25 bits per heavy atom. The minimum Gasteiger partial charge on any atom is -0.390 e. The molecule has 1 nitrogen and oxygen atoms in total. The molecule has 0 heterocycles. The maximum atomic E-state index is 10.4. The molecule has 0 aromatic carbocycles. The van der Waals surface area contributed by atoms with Crippen LogP contribution in [0.15, 0.2) is 0 Å². The molecule has 1 saturated carbocycles. The van der Waals surface area contributed by atoms with Crippen LogP contribution in [-0.2, 0) is 0 Å². The highest BCUT2D eigenvalue weighted by Gasteiger charge is 2.31. The van der Waals surface area contributed by atoms with Crippen molar-refractivity contribution >= 4 is 22.6 Å².